The number of carbonyl (C=O) groups is 2. The molecule has 26 heavy (non-hydrogen) atoms. The molecule has 138 valence electrons. The molecule has 0 bridgehead atoms. The van der Waals surface area contributed by atoms with Gasteiger partial charge in [-0.15, -0.1) is 0 Å². The molecule has 0 aliphatic heterocycles. The number of benzene rings is 2. The first kappa shape index (κ1) is 23.5. The maximum absolute atomic E-state index is 11.7. The summed E-state index contributed by atoms with van der Waals surface area (Å²) < 4.78 is 0. The first-order chi connectivity index (χ1) is 11.9. The van der Waals surface area contributed by atoms with E-state index in [-0.39, 0.29) is 34.5 Å². The number of ketones is 1. The van der Waals surface area contributed by atoms with Gasteiger partial charge in [0.05, 0.1) is 5.76 Å². The van der Waals surface area contributed by atoms with E-state index in [4.69, 9.17) is 17.7 Å². The Bertz CT molecular complexity index is 759. The molecule has 2 aromatic carbocycles. The summed E-state index contributed by atoms with van der Waals surface area (Å²) in [6.45, 7) is 2.85. The van der Waals surface area contributed by atoms with Gasteiger partial charge in [0.1, 0.15) is 0 Å². The van der Waals surface area contributed by atoms with Crippen molar-refractivity contribution in [2.24, 2.45) is 5.10 Å². The van der Waals surface area contributed by atoms with E-state index in [9.17, 15) is 9.59 Å². The van der Waals surface area contributed by atoms with E-state index in [1.165, 1.54) is 19.9 Å². The number of hydrogen-bond acceptors (Lipinski definition) is 5. The molecule has 2 N–H and O–H groups in total. The number of hydrazone groups is 1. The summed E-state index contributed by atoms with van der Waals surface area (Å²) in [7, 11) is 0. The maximum Gasteiger partial charge on any atom is 0.271 e. The van der Waals surface area contributed by atoms with Crippen molar-refractivity contribution in [1.29, 1.82) is 0 Å². The van der Waals surface area contributed by atoms with Crippen LogP contribution in [0.5, 0.6) is 0 Å². The fourth-order valence-corrected chi connectivity index (χ4v) is 1.88. The van der Waals surface area contributed by atoms with Crippen LogP contribution < -0.4 is 5.43 Å². The zero-order valence-corrected chi connectivity index (χ0v) is 16.2. The minimum Gasteiger partial charge on any atom is -0.758 e. The van der Waals surface area contributed by atoms with Crippen molar-refractivity contribution in [3.05, 3.63) is 83.6 Å². The molecule has 0 unspecified atom stereocenters. The predicted molar refractivity (Wildman–Crippen MR) is 101 cm³/mol. The van der Waals surface area contributed by atoms with Crippen molar-refractivity contribution in [1.82, 2.24) is 5.43 Å². The van der Waals surface area contributed by atoms with Crippen LogP contribution in [-0.2, 0) is 34.5 Å². The monoisotopic (exact) mass is 411 g/mol. The van der Waals surface area contributed by atoms with Crippen molar-refractivity contribution >= 4 is 29.4 Å². The van der Waals surface area contributed by atoms with Gasteiger partial charge in [0.2, 0.25) is 0 Å². The summed E-state index contributed by atoms with van der Waals surface area (Å²) in [4.78, 5) is 21.7. The molecule has 0 saturated carbocycles. The number of aliphatic hydroxyl groups excluding tert-OH is 1. The van der Waals surface area contributed by atoms with E-state index in [1.54, 1.807) is 24.3 Å². The smallest absolute Gasteiger partial charge is 0.271 e. The molecular weight excluding hydrogens is 392 g/mol. The van der Waals surface area contributed by atoms with E-state index >= 15 is 0 Å². The van der Waals surface area contributed by atoms with Gasteiger partial charge in [-0.1, -0.05) is 53.6 Å². The largest absolute Gasteiger partial charge is 0.758 e. The minimum atomic E-state index is -0.270. The van der Waals surface area contributed by atoms with E-state index < -0.39 is 0 Å². The normalized spacial score (nSPS) is 10.7. The Morgan fingerprint density at radius 3 is 1.81 bits per heavy atom. The first-order valence-electron chi connectivity index (χ1n) is 7.43. The van der Waals surface area contributed by atoms with Crippen LogP contribution in [0, 0.1) is 0 Å². The Morgan fingerprint density at radius 2 is 1.42 bits per heavy atom. The average Bonchev–Trinajstić information content (AvgIpc) is 2.60. The average molecular weight is 411 g/mol. The van der Waals surface area contributed by atoms with Crippen LogP contribution in [0.4, 0.5) is 0 Å². The van der Waals surface area contributed by atoms with Crippen molar-refractivity contribution < 1.29 is 31.8 Å². The Morgan fingerprint density at radius 1 is 0.962 bits per heavy atom. The second-order valence-electron chi connectivity index (χ2n) is 4.99. The van der Waals surface area contributed by atoms with Crippen LogP contribution in [0.25, 0.3) is 0 Å². The summed E-state index contributed by atoms with van der Waals surface area (Å²) >= 11 is 5.11. The van der Waals surface area contributed by atoms with Crippen LogP contribution in [0.3, 0.4) is 0 Å². The van der Waals surface area contributed by atoms with Gasteiger partial charge in [-0.25, -0.2) is 10.5 Å². The van der Waals surface area contributed by atoms with E-state index in [1.807, 2.05) is 36.4 Å². The molecule has 2 aromatic rings. The van der Waals surface area contributed by atoms with Crippen molar-refractivity contribution in [3.8, 4) is 0 Å². The quantitative estimate of drug-likeness (QED) is 0.154. The molecular formula is C19H19FeN2O3S-. The molecule has 1 amide bonds. The number of allylic oxidation sites excluding steroid dienone is 2. The van der Waals surface area contributed by atoms with Gasteiger partial charge in [-0.3, -0.25) is 9.59 Å². The van der Waals surface area contributed by atoms with E-state index in [0.717, 1.165) is 5.56 Å². The Kier molecular flexibility index (Phi) is 11.6. The molecule has 5 nitrogen and oxygen atoms in total. The zero-order chi connectivity index (χ0) is 18.7. The molecule has 0 fully saturated rings. The minimum absolute atomic E-state index is 0. The number of rotatable bonds is 4. The number of amides is 1. The van der Waals surface area contributed by atoms with Crippen molar-refractivity contribution in [2.75, 3.05) is 0 Å². The number of nitrogens with zero attached hydrogens (tertiary/aromatic N) is 1. The Labute approximate surface area is 169 Å². The zero-order valence-electron chi connectivity index (χ0n) is 14.3. The molecule has 7 heteroatoms. The second-order valence-corrected chi connectivity index (χ2v) is 5.37. The summed E-state index contributed by atoms with van der Waals surface area (Å²) in [5.74, 6) is -0.332. The maximum atomic E-state index is 11.7. The Hall–Kier alpha value is -2.47. The summed E-state index contributed by atoms with van der Waals surface area (Å²) in [6.07, 6.45) is 1.17. The fraction of sp³-hybridized carbons (Fsp3) is 0.105. The van der Waals surface area contributed by atoms with Gasteiger partial charge in [-0.2, -0.15) is 0 Å². The third kappa shape index (κ3) is 9.74. The van der Waals surface area contributed by atoms with Gasteiger partial charge in [0.15, 0.2) is 5.78 Å². The van der Waals surface area contributed by atoms with Gasteiger partial charge in [-0.05, 0) is 31.5 Å². The fourth-order valence-electron chi connectivity index (χ4n) is 1.70. The van der Waals surface area contributed by atoms with E-state index in [2.05, 4.69) is 10.5 Å². The Balaban J connectivity index is 0.000000673. The van der Waals surface area contributed by atoms with Gasteiger partial charge in [0, 0.05) is 28.7 Å². The first-order valence-corrected chi connectivity index (χ1v) is 7.84. The van der Waals surface area contributed by atoms with Crippen LogP contribution >= 0.6 is 0 Å². The standard InChI is InChI=1S/C14H12N2OS.C5H8O2.Fe/c17-13(11-7-3-1-4-8-11)15-16-14(18)12-9-5-2-6-10-12;1-4(6)3-5(2)7;/h1-10H,(H,15,17)(H,16,18);3,6H,1-2H3;/p-1/b;4-3-;. The molecule has 0 saturated heterocycles. The van der Waals surface area contributed by atoms with Crippen molar-refractivity contribution in [2.45, 2.75) is 13.8 Å². The van der Waals surface area contributed by atoms with Crippen molar-refractivity contribution in [3.63, 3.8) is 0 Å². The van der Waals surface area contributed by atoms with Crippen LogP contribution in [0.1, 0.15) is 29.8 Å². The summed E-state index contributed by atoms with van der Waals surface area (Å²) in [5, 5.41) is 12.6. The number of hydrogen-bond donors (Lipinski definition) is 2. The van der Waals surface area contributed by atoms with Crippen LogP contribution in [-0.4, -0.2) is 21.8 Å². The molecule has 0 atom stereocenters. The molecule has 0 aliphatic carbocycles. The molecule has 0 radical (unpaired) electrons. The summed E-state index contributed by atoms with van der Waals surface area (Å²) in [5.41, 5.74) is 3.80. The van der Waals surface area contributed by atoms with Crippen LogP contribution in [0.15, 0.2) is 77.6 Å². The summed E-state index contributed by atoms with van der Waals surface area (Å²) in [6, 6.07) is 18.2. The van der Waals surface area contributed by atoms with E-state index in [0.29, 0.717) is 10.6 Å². The molecule has 0 aliphatic rings. The van der Waals surface area contributed by atoms with Gasteiger partial charge in [0.25, 0.3) is 5.91 Å². The topological polar surface area (TPSA) is 78.8 Å². The third-order valence-corrected chi connectivity index (χ3v) is 3.05. The predicted octanol–water partition coefficient (Wildman–Crippen LogP) is 3.36. The number of aliphatic hydroxyl groups is 1. The second kappa shape index (κ2) is 12.8. The van der Waals surface area contributed by atoms with Crippen LogP contribution in [0.2, 0.25) is 0 Å². The third-order valence-electron chi connectivity index (χ3n) is 2.73. The SMILES string of the molecule is CC(=O)/C=C(/C)O.O=C(N/N=C(\[S-])c1ccccc1)c1ccccc1.[Fe]. The molecule has 0 heterocycles. The molecule has 2 rings (SSSR count). The molecule has 0 aromatic heterocycles. The number of nitrogens with one attached hydrogen (secondary N) is 1. The number of carbonyl (C=O) groups excluding carboxylic acids is 2. The van der Waals surface area contributed by atoms with Gasteiger partial charge < -0.3 is 17.7 Å². The molecule has 0 spiro atoms. The van der Waals surface area contributed by atoms with Gasteiger partial charge >= 0.3 is 0 Å².